The average molecular weight is 189 g/mol. The molecule has 0 spiro atoms. The van der Waals surface area contributed by atoms with Crippen molar-refractivity contribution < 1.29 is 4.74 Å². The summed E-state index contributed by atoms with van der Waals surface area (Å²) >= 11 is 0. The summed E-state index contributed by atoms with van der Waals surface area (Å²) in [6, 6.07) is 6.44. The fourth-order valence-electron chi connectivity index (χ4n) is 2.09. The van der Waals surface area contributed by atoms with E-state index in [1.165, 1.54) is 11.1 Å². The molecule has 0 amide bonds. The number of nitrogens with two attached hydrogens (primary N) is 1. The molecule has 74 valence electrons. The van der Waals surface area contributed by atoms with Crippen LogP contribution in [0.15, 0.2) is 18.2 Å². The van der Waals surface area contributed by atoms with Crippen molar-refractivity contribution in [2.45, 2.75) is 31.2 Å². The maximum atomic E-state index is 6.16. The number of benzene rings is 1. The molecule has 1 heterocycles. The van der Waals surface area contributed by atoms with Crippen LogP contribution in [-0.4, -0.2) is 6.61 Å². The summed E-state index contributed by atoms with van der Waals surface area (Å²) in [6.45, 7) is 0.861. The average Bonchev–Trinajstić information content (AvgIpc) is 2.97. The van der Waals surface area contributed by atoms with E-state index < -0.39 is 0 Å². The van der Waals surface area contributed by atoms with Crippen LogP contribution in [0.2, 0.25) is 0 Å². The predicted molar refractivity (Wildman–Crippen MR) is 55.4 cm³/mol. The molecule has 3 rings (SSSR count). The van der Waals surface area contributed by atoms with E-state index in [0.717, 1.165) is 38.0 Å². The van der Waals surface area contributed by atoms with E-state index in [1.807, 2.05) is 0 Å². The molecule has 0 saturated heterocycles. The summed E-state index contributed by atoms with van der Waals surface area (Å²) in [5, 5.41) is 0. The first-order valence-corrected chi connectivity index (χ1v) is 5.33. The highest BCUT2D eigenvalue weighted by Gasteiger charge is 2.40. The van der Waals surface area contributed by atoms with Gasteiger partial charge in [0.2, 0.25) is 0 Å². The minimum atomic E-state index is -0.00746. The highest BCUT2D eigenvalue weighted by molar-refractivity contribution is 5.42. The van der Waals surface area contributed by atoms with Gasteiger partial charge in [-0.2, -0.15) is 0 Å². The van der Waals surface area contributed by atoms with Crippen LogP contribution in [0, 0.1) is 0 Å². The van der Waals surface area contributed by atoms with Crippen LogP contribution >= 0.6 is 0 Å². The second-order valence-electron chi connectivity index (χ2n) is 4.43. The van der Waals surface area contributed by atoms with Gasteiger partial charge in [0.25, 0.3) is 0 Å². The zero-order valence-electron chi connectivity index (χ0n) is 8.25. The molecule has 0 radical (unpaired) electrons. The van der Waals surface area contributed by atoms with Gasteiger partial charge in [-0.25, -0.2) is 0 Å². The van der Waals surface area contributed by atoms with Crippen LogP contribution in [0.4, 0.5) is 0 Å². The molecule has 1 fully saturated rings. The van der Waals surface area contributed by atoms with Crippen molar-refractivity contribution in [2.24, 2.45) is 5.73 Å². The number of hydrogen-bond acceptors (Lipinski definition) is 2. The maximum Gasteiger partial charge on any atom is 0.122 e. The third kappa shape index (κ3) is 1.22. The van der Waals surface area contributed by atoms with Gasteiger partial charge in [-0.3, -0.25) is 0 Å². The fourth-order valence-corrected chi connectivity index (χ4v) is 2.09. The molecule has 2 N–H and O–H groups in total. The number of rotatable bonds is 1. The lowest BCUT2D eigenvalue weighted by Crippen LogP contribution is -2.19. The molecule has 1 aliphatic carbocycles. The van der Waals surface area contributed by atoms with Crippen LogP contribution in [0.3, 0.4) is 0 Å². The Balaban J connectivity index is 2.01. The Kier molecular flexibility index (Phi) is 1.62. The molecule has 2 nitrogen and oxygen atoms in total. The van der Waals surface area contributed by atoms with Gasteiger partial charge in [-0.15, -0.1) is 0 Å². The Labute approximate surface area is 84.1 Å². The Morgan fingerprint density at radius 1 is 1.29 bits per heavy atom. The Morgan fingerprint density at radius 2 is 2.14 bits per heavy atom. The molecular formula is C12H15NO. The molecular weight excluding hydrogens is 174 g/mol. The quantitative estimate of drug-likeness (QED) is 0.733. The van der Waals surface area contributed by atoms with E-state index in [0.29, 0.717) is 0 Å². The first-order chi connectivity index (χ1) is 6.78. The van der Waals surface area contributed by atoms with E-state index in [2.05, 4.69) is 18.2 Å². The van der Waals surface area contributed by atoms with Crippen molar-refractivity contribution >= 4 is 0 Å². The molecule has 0 bridgehead atoms. The minimum Gasteiger partial charge on any atom is -0.493 e. The Hall–Kier alpha value is -1.02. The smallest absolute Gasteiger partial charge is 0.122 e. The number of hydrogen-bond donors (Lipinski definition) is 1. The molecule has 2 heteroatoms. The van der Waals surface area contributed by atoms with Gasteiger partial charge in [-0.05, 0) is 42.9 Å². The van der Waals surface area contributed by atoms with Gasteiger partial charge in [0.05, 0.1) is 6.61 Å². The van der Waals surface area contributed by atoms with Crippen molar-refractivity contribution in [3.05, 3.63) is 29.3 Å². The summed E-state index contributed by atoms with van der Waals surface area (Å²) in [4.78, 5) is 0. The standard InChI is InChI=1S/C12H15NO/c13-12(5-6-12)10-3-4-11-9(8-10)2-1-7-14-11/h3-4,8H,1-2,5-7,13H2. The molecule has 1 aromatic rings. The normalized spacial score (nSPS) is 22.4. The first kappa shape index (κ1) is 8.30. The fraction of sp³-hybridized carbons (Fsp3) is 0.500. The number of aryl methyl sites for hydroxylation is 1. The summed E-state index contributed by atoms with van der Waals surface area (Å²) < 4.78 is 5.57. The summed E-state index contributed by atoms with van der Waals surface area (Å²) in [5.74, 6) is 1.06. The maximum absolute atomic E-state index is 6.16. The second-order valence-corrected chi connectivity index (χ2v) is 4.43. The van der Waals surface area contributed by atoms with Crippen LogP contribution in [0.5, 0.6) is 5.75 Å². The van der Waals surface area contributed by atoms with Gasteiger partial charge < -0.3 is 10.5 Å². The lowest BCUT2D eigenvalue weighted by molar-refractivity contribution is 0.288. The van der Waals surface area contributed by atoms with Gasteiger partial charge >= 0.3 is 0 Å². The van der Waals surface area contributed by atoms with Crippen LogP contribution in [-0.2, 0) is 12.0 Å². The number of ether oxygens (including phenoxy) is 1. The van der Waals surface area contributed by atoms with Crippen LogP contribution in [0.1, 0.15) is 30.4 Å². The van der Waals surface area contributed by atoms with Crippen LogP contribution < -0.4 is 10.5 Å². The highest BCUT2D eigenvalue weighted by atomic mass is 16.5. The van der Waals surface area contributed by atoms with Crippen LogP contribution in [0.25, 0.3) is 0 Å². The predicted octanol–water partition coefficient (Wildman–Crippen LogP) is 1.96. The molecule has 0 atom stereocenters. The topological polar surface area (TPSA) is 35.2 Å². The molecule has 1 aromatic carbocycles. The molecule has 1 saturated carbocycles. The van der Waals surface area contributed by atoms with Crippen molar-refractivity contribution in [3.63, 3.8) is 0 Å². The zero-order chi connectivity index (χ0) is 9.60. The third-order valence-electron chi connectivity index (χ3n) is 3.27. The lowest BCUT2D eigenvalue weighted by atomic mass is 9.98. The molecule has 0 unspecified atom stereocenters. The second kappa shape index (κ2) is 2.74. The SMILES string of the molecule is NC1(c2ccc3c(c2)CCCO3)CC1. The van der Waals surface area contributed by atoms with E-state index >= 15 is 0 Å². The van der Waals surface area contributed by atoms with Crippen molar-refractivity contribution in [1.82, 2.24) is 0 Å². The Bertz CT molecular complexity index is 369. The van der Waals surface area contributed by atoms with Gasteiger partial charge in [0.15, 0.2) is 0 Å². The van der Waals surface area contributed by atoms with Crippen molar-refractivity contribution in [3.8, 4) is 5.75 Å². The van der Waals surface area contributed by atoms with Gasteiger partial charge in [-0.1, -0.05) is 12.1 Å². The zero-order valence-corrected chi connectivity index (χ0v) is 8.25. The van der Waals surface area contributed by atoms with Gasteiger partial charge in [0, 0.05) is 5.54 Å². The van der Waals surface area contributed by atoms with E-state index in [1.54, 1.807) is 0 Å². The van der Waals surface area contributed by atoms with Gasteiger partial charge in [0.1, 0.15) is 5.75 Å². The number of fused-ring (bicyclic) bond motifs is 1. The minimum absolute atomic E-state index is 0.00746. The van der Waals surface area contributed by atoms with E-state index in [9.17, 15) is 0 Å². The Morgan fingerprint density at radius 3 is 2.93 bits per heavy atom. The van der Waals surface area contributed by atoms with E-state index in [4.69, 9.17) is 10.5 Å². The molecule has 0 aromatic heterocycles. The molecule has 2 aliphatic rings. The third-order valence-corrected chi connectivity index (χ3v) is 3.27. The van der Waals surface area contributed by atoms with Crippen molar-refractivity contribution in [1.29, 1.82) is 0 Å². The first-order valence-electron chi connectivity index (χ1n) is 5.33. The summed E-state index contributed by atoms with van der Waals surface area (Å²) in [6.07, 6.45) is 4.53. The summed E-state index contributed by atoms with van der Waals surface area (Å²) in [7, 11) is 0. The molecule has 14 heavy (non-hydrogen) atoms. The lowest BCUT2D eigenvalue weighted by Gasteiger charge is -2.19. The molecule has 1 aliphatic heterocycles. The van der Waals surface area contributed by atoms with Crippen molar-refractivity contribution in [2.75, 3.05) is 6.61 Å². The largest absolute Gasteiger partial charge is 0.493 e. The van der Waals surface area contributed by atoms with E-state index in [-0.39, 0.29) is 5.54 Å². The monoisotopic (exact) mass is 189 g/mol. The highest BCUT2D eigenvalue weighted by Crippen LogP contribution is 2.44. The summed E-state index contributed by atoms with van der Waals surface area (Å²) in [5.41, 5.74) is 8.78.